The summed E-state index contributed by atoms with van der Waals surface area (Å²) in [7, 11) is 0. The first-order valence-electron chi connectivity index (χ1n) is 8.35. The molecule has 24 heavy (non-hydrogen) atoms. The summed E-state index contributed by atoms with van der Waals surface area (Å²) in [6.07, 6.45) is 1.69. The summed E-state index contributed by atoms with van der Waals surface area (Å²) in [4.78, 5) is 18.7. The lowest BCUT2D eigenvalue weighted by molar-refractivity contribution is 0.0994. The zero-order chi connectivity index (χ0) is 16.9. The van der Waals surface area contributed by atoms with Crippen LogP contribution in [0.4, 0.5) is 9.93 Å². The lowest BCUT2D eigenvalue weighted by atomic mass is 9.85. The molecule has 0 radical (unpaired) electrons. The molecule has 2 N–H and O–H groups in total. The fourth-order valence-corrected chi connectivity index (χ4v) is 4.03. The van der Waals surface area contributed by atoms with Crippen LogP contribution in [0.15, 0.2) is 41.9 Å². The Kier molecular flexibility index (Phi) is 5.48. The molecule has 6 heteroatoms. The van der Waals surface area contributed by atoms with Gasteiger partial charge >= 0.3 is 6.03 Å². The van der Waals surface area contributed by atoms with Gasteiger partial charge in [0.25, 0.3) is 0 Å². The van der Waals surface area contributed by atoms with E-state index in [2.05, 4.69) is 58.6 Å². The Morgan fingerprint density at radius 2 is 1.96 bits per heavy atom. The number of likely N-dealkylation sites (tertiary alicyclic amines) is 1. The number of carbonyl (C=O) groups excluding carboxylic acids is 1. The van der Waals surface area contributed by atoms with E-state index in [4.69, 9.17) is 0 Å². The van der Waals surface area contributed by atoms with E-state index in [-0.39, 0.29) is 12.1 Å². The summed E-state index contributed by atoms with van der Waals surface area (Å²) in [5, 5.41) is 8.42. The molecule has 0 aliphatic carbocycles. The van der Waals surface area contributed by atoms with Crippen LogP contribution in [0.25, 0.3) is 0 Å². The summed E-state index contributed by atoms with van der Waals surface area (Å²) in [6.45, 7) is 7.36. The number of anilines is 1. The molecule has 5 nitrogen and oxygen atoms in total. The normalized spacial score (nSPS) is 24.5. The number of amides is 2. The molecule has 1 fully saturated rings. The summed E-state index contributed by atoms with van der Waals surface area (Å²) < 4.78 is 0. The van der Waals surface area contributed by atoms with Crippen molar-refractivity contribution in [3.05, 3.63) is 47.5 Å². The van der Waals surface area contributed by atoms with E-state index in [0.717, 1.165) is 19.6 Å². The van der Waals surface area contributed by atoms with Gasteiger partial charge in [-0.05, 0) is 17.4 Å². The molecule has 3 atom stereocenters. The number of nitrogens with one attached hydrogen (secondary N) is 2. The summed E-state index contributed by atoms with van der Waals surface area (Å²) in [5.74, 6) is 0.805. The molecule has 2 aromatic rings. The molecule has 0 spiro atoms. The maximum atomic E-state index is 12.2. The second-order valence-corrected chi connectivity index (χ2v) is 7.49. The highest BCUT2D eigenvalue weighted by molar-refractivity contribution is 7.13. The molecule has 1 aliphatic rings. The Hall–Kier alpha value is -1.92. The van der Waals surface area contributed by atoms with Gasteiger partial charge in [-0.1, -0.05) is 44.2 Å². The summed E-state index contributed by atoms with van der Waals surface area (Å²) >= 11 is 1.43. The van der Waals surface area contributed by atoms with Crippen molar-refractivity contribution in [2.45, 2.75) is 26.4 Å². The summed E-state index contributed by atoms with van der Waals surface area (Å²) in [5.41, 5.74) is 1.34. The van der Waals surface area contributed by atoms with Crippen LogP contribution in [0.2, 0.25) is 0 Å². The molecule has 0 saturated carbocycles. The molecular formula is C18H24N4OS. The minimum atomic E-state index is -0.162. The number of urea groups is 1. The quantitative estimate of drug-likeness (QED) is 0.893. The first kappa shape index (κ1) is 16.9. The molecular weight excluding hydrogens is 320 g/mol. The summed E-state index contributed by atoms with van der Waals surface area (Å²) in [6, 6.07) is 10.6. The van der Waals surface area contributed by atoms with Gasteiger partial charge in [0, 0.05) is 37.3 Å². The van der Waals surface area contributed by atoms with E-state index in [9.17, 15) is 4.79 Å². The van der Waals surface area contributed by atoms with Gasteiger partial charge in [-0.25, -0.2) is 9.78 Å². The first-order valence-corrected chi connectivity index (χ1v) is 9.23. The van der Waals surface area contributed by atoms with Crippen molar-refractivity contribution in [3.8, 4) is 0 Å². The number of benzene rings is 1. The van der Waals surface area contributed by atoms with Crippen LogP contribution in [0.3, 0.4) is 0 Å². The highest BCUT2D eigenvalue weighted by Crippen LogP contribution is 2.24. The van der Waals surface area contributed by atoms with Gasteiger partial charge in [-0.3, -0.25) is 10.2 Å². The average molecular weight is 344 g/mol. The van der Waals surface area contributed by atoms with Gasteiger partial charge in [-0.15, -0.1) is 11.3 Å². The molecule has 1 unspecified atom stereocenters. The van der Waals surface area contributed by atoms with E-state index >= 15 is 0 Å². The third-order valence-electron chi connectivity index (χ3n) is 4.52. The van der Waals surface area contributed by atoms with Crippen molar-refractivity contribution in [1.82, 2.24) is 15.2 Å². The third-order valence-corrected chi connectivity index (χ3v) is 5.21. The highest BCUT2D eigenvalue weighted by atomic mass is 32.1. The molecule has 2 amide bonds. The van der Waals surface area contributed by atoms with Crippen LogP contribution in [0.5, 0.6) is 0 Å². The molecule has 1 aromatic carbocycles. The Morgan fingerprint density at radius 1 is 1.25 bits per heavy atom. The first-order chi connectivity index (χ1) is 11.6. The van der Waals surface area contributed by atoms with Crippen molar-refractivity contribution in [3.63, 3.8) is 0 Å². The predicted octanol–water partition coefficient (Wildman–Crippen LogP) is 3.42. The number of carbonyl (C=O) groups is 1. The standard InChI is InChI=1S/C18H24N4OS/c1-13-10-22(12-15-6-4-3-5-7-15)11-14(2)16(13)20-17(23)21-18-19-8-9-24-18/h3-9,13-14,16H,10-12H2,1-2H3,(H2,19,20,21,23)/t13-,14+,16?. The zero-order valence-corrected chi connectivity index (χ0v) is 14.9. The van der Waals surface area contributed by atoms with Crippen LogP contribution in [-0.2, 0) is 6.54 Å². The zero-order valence-electron chi connectivity index (χ0n) is 14.1. The van der Waals surface area contributed by atoms with Gasteiger partial charge in [0.2, 0.25) is 0 Å². The molecule has 2 heterocycles. The molecule has 128 valence electrons. The second-order valence-electron chi connectivity index (χ2n) is 6.60. The Balaban J connectivity index is 1.54. The fraction of sp³-hybridized carbons (Fsp3) is 0.444. The lowest BCUT2D eigenvalue weighted by Crippen LogP contribution is -2.55. The smallest absolute Gasteiger partial charge is 0.321 e. The maximum Gasteiger partial charge on any atom is 0.321 e. The van der Waals surface area contributed by atoms with E-state index in [0.29, 0.717) is 17.0 Å². The highest BCUT2D eigenvalue weighted by Gasteiger charge is 2.32. The fourth-order valence-electron chi connectivity index (χ4n) is 3.50. The van der Waals surface area contributed by atoms with Gasteiger partial charge in [-0.2, -0.15) is 0 Å². The predicted molar refractivity (Wildman–Crippen MR) is 98.1 cm³/mol. The molecule has 1 aliphatic heterocycles. The largest absolute Gasteiger partial charge is 0.334 e. The van der Waals surface area contributed by atoms with Crippen molar-refractivity contribution >= 4 is 22.5 Å². The van der Waals surface area contributed by atoms with Crippen molar-refractivity contribution in [2.24, 2.45) is 11.8 Å². The Bertz CT molecular complexity index is 634. The molecule has 1 aromatic heterocycles. The van der Waals surface area contributed by atoms with Gasteiger partial charge in [0.1, 0.15) is 0 Å². The van der Waals surface area contributed by atoms with Gasteiger partial charge in [0.05, 0.1) is 0 Å². The average Bonchev–Trinajstić information content (AvgIpc) is 3.05. The number of rotatable bonds is 4. The lowest BCUT2D eigenvalue weighted by Gasteiger charge is -2.41. The van der Waals surface area contributed by atoms with Crippen molar-refractivity contribution in [2.75, 3.05) is 18.4 Å². The van der Waals surface area contributed by atoms with Crippen molar-refractivity contribution in [1.29, 1.82) is 0 Å². The number of nitrogens with zero attached hydrogens (tertiary/aromatic N) is 2. The number of hydrogen-bond acceptors (Lipinski definition) is 4. The molecule has 0 bridgehead atoms. The Morgan fingerprint density at radius 3 is 2.58 bits per heavy atom. The minimum Gasteiger partial charge on any atom is -0.334 e. The molecule has 1 saturated heterocycles. The van der Waals surface area contributed by atoms with Crippen LogP contribution in [0, 0.1) is 11.8 Å². The van der Waals surface area contributed by atoms with Crippen molar-refractivity contribution < 1.29 is 4.79 Å². The number of piperidine rings is 1. The second kappa shape index (κ2) is 7.77. The van der Waals surface area contributed by atoms with Gasteiger partial charge in [0.15, 0.2) is 5.13 Å². The Labute approximate surface area is 147 Å². The van der Waals surface area contributed by atoms with E-state index in [1.165, 1.54) is 16.9 Å². The SMILES string of the molecule is C[C@@H]1CN(Cc2ccccc2)C[C@H](C)C1NC(=O)Nc1nccs1. The number of aromatic nitrogens is 1. The number of hydrogen-bond donors (Lipinski definition) is 2. The van der Waals surface area contributed by atoms with Crippen LogP contribution in [-0.4, -0.2) is 35.0 Å². The third kappa shape index (κ3) is 4.33. The van der Waals surface area contributed by atoms with E-state index in [1.54, 1.807) is 6.20 Å². The minimum absolute atomic E-state index is 0.162. The van der Waals surface area contributed by atoms with E-state index in [1.807, 2.05) is 11.4 Å². The van der Waals surface area contributed by atoms with Crippen LogP contribution in [0.1, 0.15) is 19.4 Å². The maximum absolute atomic E-state index is 12.2. The topological polar surface area (TPSA) is 57.3 Å². The van der Waals surface area contributed by atoms with E-state index < -0.39 is 0 Å². The monoisotopic (exact) mass is 344 g/mol. The van der Waals surface area contributed by atoms with Crippen LogP contribution >= 0.6 is 11.3 Å². The van der Waals surface area contributed by atoms with Crippen LogP contribution < -0.4 is 10.6 Å². The molecule has 3 rings (SSSR count). The van der Waals surface area contributed by atoms with Gasteiger partial charge < -0.3 is 5.32 Å². The number of thiazole rings is 1.